The Bertz CT molecular complexity index is 559. The minimum Gasteiger partial charge on any atom is -0.478 e. The minimum absolute atomic E-state index is 0.148. The van der Waals surface area contributed by atoms with Crippen LogP contribution in [0.1, 0.15) is 15.9 Å². The molecular formula is C15H12O3. The van der Waals surface area contributed by atoms with Gasteiger partial charge >= 0.3 is 5.97 Å². The van der Waals surface area contributed by atoms with Gasteiger partial charge in [0.25, 0.3) is 0 Å². The molecule has 2 aromatic carbocycles. The van der Waals surface area contributed by atoms with Crippen molar-refractivity contribution < 1.29 is 14.6 Å². The summed E-state index contributed by atoms with van der Waals surface area (Å²) >= 11 is 0. The van der Waals surface area contributed by atoms with E-state index >= 15 is 0 Å². The van der Waals surface area contributed by atoms with Crippen molar-refractivity contribution in [2.24, 2.45) is 0 Å². The number of rotatable bonds is 4. The zero-order valence-electron chi connectivity index (χ0n) is 9.61. The van der Waals surface area contributed by atoms with Gasteiger partial charge in [-0.15, -0.1) is 0 Å². The highest BCUT2D eigenvalue weighted by Gasteiger charge is 2.08. The molecule has 1 N–H and O–H groups in total. The number of para-hydroxylation sites is 1. The van der Waals surface area contributed by atoms with Gasteiger partial charge in [-0.05, 0) is 23.8 Å². The molecule has 2 rings (SSSR count). The van der Waals surface area contributed by atoms with Gasteiger partial charge in [0.2, 0.25) is 0 Å². The fraction of sp³-hybridized carbons (Fsp3) is 0. The highest BCUT2D eigenvalue weighted by atomic mass is 16.5. The van der Waals surface area contributed by atoms with Gasteiger partial charge in [0.15, 0.2) is 0 Å². The van der Waals surface area contributed by atoms with Crippen molar-refractivity contribution in [2.45, 2.75) is 0 Å². The number of hydrogen-bond donors (Lipinski definition) is 1. The Labute approximate surface area is 105 Å². The van der Waals surface area contributed by atoms with Gasteiger partial charge in [-0.1, -0.05) is 42.5 Å². The predicted octanol–water partition coefficient (Wildman–Crippen LogP) is 3.43. The van der Waals surface area contributed by atoms with E-state index in [9.17, 15) is 4.79 Å². The van der Waals surface area contributed by atoms with E-state index in [-0.39, 0.29) is 5.56 Å². The summed E-state index contributed by atoms with van der Waals surface area (Å²) in [7, 11) is 0. The van der Waals surface area contributed by atoms with Crippen molar-refractivity contribution in [1.29, 1.82) is 0 Å². The molecule has 0 bridgehead atoms. The molecule has 2 aromatic rings. The maximum absolute atomic E-state index is 11.0. The van der Waals surface area contributed by atoms with Gasteiger partial charge < -0.3 is 9.84 Å². The van der Waals surface area contributed by atoms with E-state index in [1.165, 1.54) is 12.3 Å². The van der Waals surface area contributed by atoms with Crippen LogP contribution in [-0.2, 0) is 0 Å². The Morgan fingerprint density at radius 3 is 2.39 bits per heavy atom. The molecule has 3 heteroatoms. The van der Waals surface area contributed by atoms with E-state index in [0.717, 1.165) is 5.56 Å². The van der Waals surface area contributed by atoms with E-state index in [4.69, 9.17) is 9.84 Å². The Hall–Kier alpha value is -2.55. The molecule has 0 heterocycles. The molecule has 18 heavy (non-hydrogen) atoms. The first-order valence-corrected chi connectivity index (χ1v) is 5.48. The molecule has 0 fully saturated rings. The van der Waals surface area contributed by atoms with Crippen molar-refractivity contribution in [3.05, 3.63) is 72.0 Å². The summed E-state index contributed by atoms with van der Waals surface area (Å²) in [6, 6.07) is 16.2. The number of carbonyl (C=O) groups is 1. The van der Waals surface area contributed by atoms with Gasteiger partial charge in [-0.2, -0.15) is 0 Å². The SMILES string of the molecule is O=C(O)c1ccccc1OC=Cc1ccccc1. The molecule has 0 aromatic heterocycles. The van der Waals surface area contributed by atoms with Crippen LogP contribution in [0.15, 0.2) is 60.9 Å². The second kappa shape index (κ2) is 5.68. The summed E-state index contributed by atoms with van der Waals surface area (Å²) in [6.07, 6.45) is 3.26. The van der Waals surface area contributed by atoms with E-state index in [1.54, 1.807) is 24.3 Å². The molecular weight excluding hydrogens is 228 g/mol. The number of carboxylic acid groups (broad SMARTS) is 1. The highest BCUT2D eigenvalue weighted by Crippen LogP contribution is 2.18. The van der Waals surface area contributed by atoms with Crippen LogP contribution in [0, 0.1) is 0 Å². The van der Waals surface area contributed by atoms with Crippen LogP contribution in [0.3, 0.4) is 0 Å². The van der Waals surface area contributed by atoms with Crippen molar-refractivity contribution in [3.8, 4) is 5.75 Å². The lowest BCUT2D eigenvalue weighted by atomic mass is 10.2. The lowest BCUT2D eigenvalue weighted by Gasteiger charge is -2.03. The summed E-state index contributed by atoms with van der Waals surface area (Å²) in [4.78, 5) is 11.0. The highest BCUT2D eigenvalue weighted by molar-refractivity contribution is 5.90. The molecule has 0 saturated heterocycles. The lowest BCUT2D eigenvalue weighted by Crippen LogP contribution is -1.99. The van der Waals surface area contributed by atoms with Crippen LogP contribution in [0.4, 0.5) is 0 Å². The van der Waals surface area contributed by atoms with Gasteiger partial charge in [-0.3, -0.25) is 0 Å². The third kappa shape index (κ3) is 2.98. The number of ether oxygens (including phenoxy) is 1. The molecule has 0 unspecified atom stereocenters. The smallest absolute Gasteiger partial charge is 0.339 e. The van der Waals surface area contributed by atoms with E-state index in [0.29, 0.717) is 5.75 Å². The van der Waals surface area contributed by atoms with E-state index < -0.39 is 5.97 Å². The monoisotopic (exact) mass is 240 g/mol. The maximum atomic E-state index is 11.0. The standard InChI is InChI=1S/C15H12O3/c16-15(17)13-8-4-5-9-14(13)18-11-10-12-6-2-1-3-7-12/h1-11H,(H,16,17). The average Bonchev–Trinajstić information content (AvgIpc) is 2.40. The summed E-state index contributed by atoms with van der Waals surface area (Å²) in [5.74, 6) is -0.670. The maximum Gasteiger partial charge on any atom is 0.339 e. The quantitative estimate of drug-likeness (QED) is 0.833. The van der Waals surface area contributed by atoms with Gasteiger partial charge in [0, 0.05) is 0 Å². The van der Waals surface area contributed by atoms with Crippen LogP contribution < -0.4 is 4.74 Å². The number of hydrogen-bond acceptors (Lipinski definition) is 2. The van der Waals surface area contributed by atoms with Crippen molar-refractivity contribution in [1.82, 2.24) is 0 Å². The molecule has 0 spiro atoms. The first kappa shape index (κ1) is 11.9. The largest absolute Gasteiger partial charge is 0.478 e. The molecule has 0 saturated carbocycles. The van der Waals surface area contributed by atoms with Gasteiger partial charge in [0.05, 0.1) is 6.26 Å². The molecule has 0 radical (unpaired) electrons. The summed E-state index contributed by atoms with van der Waals surface area (Å²) in [5.41, 5.74) is 1.14. The van der Waals surface area contributed by atoms with Crippen LogP contribution in [0.25, 0.3) is 6.08 Å². The van der Waals surface area contributed by atoms with Crippen LogP contribution in [-0.4, -0.2) is 11.1 Å². The van der Waals surface area contributed by atoms with Crippen LogP contribution in [0.5, 0.6) is 5.75 Å². The Morgan fingerprint density at radius 2 is 1.67 bits per heavy atom. The average molecular weight is 240 g/mol. The number of aromatic carboxylic acids is 1. The summed E-state index contributed by atoms with van der Waals surface area (Å²) in [6.45, 7) is 0. The molecule has 90 valence electrons. The van der Waals surface area contributed by atoms with Crippen molar-refractivity contribution >= 4 is 12.0 Å². The first-order chi connectivity index (χ1) is 8.77. The molecule has 0 aliphatic rings. The van der Waals surface area contributed by atoms with E-state index in [2.05, 4.69) is 0 Å². The zero-order chi connectivity index (χ0) is 12.8. The van der Waals surface area contributed by atoms with Crippen molar-refractivity contribution in [2.75, 3.05) is 0 Å². The zero-order valence-corrected chi connectivity index (χ0v) is 9.61. The van der Waals surface area contributed by atoms with Gasteiger partial charge in [0.1, 0.15) is 11.3 Å². The Morgan fingerprint density at radius 1 is 1.00 bits per heavy atom. The molecule has 3 nitrogen and oxygen atoms in total. The first-order valence-electron chi connectivity index (χ1n) is 5.48. The normalized spacial score (nSPS) is 10.4. The summed E-state index contributed by atoms with van der Waals surface area (Å²) in [5, 5.41) is 8.98. The Kier molecular flexibility index (Phi) is 3.76. The minimum atomic E-state index is -1.00. The van der Waals surface area contributed by atoms with Gasteiger partial charge in [-0.25, -0.2) is 4.79 Å². The number of benzene rings is 2. The van der Waals surface area contributed by atoms with E-state index in [1.807, 2.05) is 30.3 Å². The Balaban J connectivity index is 2.11. The predicted molar refractivity (Wildman–Crippen MR) is 69.5 cm³/mol. The second-order valence-corrected chi connectivity index (χ2v) is 3.63. The third-order valence-corrected chi connectivity index (χ3v) is 2.37. The molecule has 0 atom stereocenters. The van der Waals surface area contributed by atoms with Crippen molar-refractivity contribution in [3.63, 3.8) is 0 Å². The third-order valence-electron chi connectivity index (χ3n) is 2.37. The van der Waals surface area contributed by atoms with Crippen LogP contribution in [0.2, 0.25) is 0 Å². The lowest BCUT2D eigenvalue weighted by molar-refractivity contribution is 0.0694. The fourth-order valence-corrected chi connectivity index (χ4v) is 1.50. The topological polar surface area (TPSA) is 46.5 Å². The molecule has 0 aliphatic heterocycles. The molecule has 0 amide bonds. The fourth-order valence-electron chi connectivity index (χ4n) is 1.50. The second-order valence-electron chi connectivity index (χ2n) is 3.63. The summed E-state index contributed by atoms with van der Waals surface area (Å²) < 4.78 is 5.34. The van der Waals surface area contributed by atoms with Crippen LogP contribution >= 0.6 is 0 Å². The number of carboxylic acids is 1. The molecule has 0 aliphatic carbocycles.